The quantitative estimate of drug-likeness (QED) is 0.926. The number of carboxylic acid groups (broad SMARTS) is 1. The third-order valence-corrected chi connectivity index (χ3v) is 3.70. The maximum Gasteiger partial charge on any atom is 0.345 e. The molecular formula is C16H13ClO4. The van der Waals surface area contributed by atoms with Gasteiger partial charge in [-0.3, -0.25) is 0 Å². The van der Waals surface area contributed by atoms with Crippen LogP contribution in [0, 0.1) is 0 Å². The topological polar surface area (TPSA) is 55.8 Å². The predicted octanol–water partition coefficient (Wildman–Crippen LogP) is 3.08. The van der Waals surface area contributed by atoms with Crippen LogP contribution in [0.2, 0.25) is 5.02 Å². The van der Waals surface area contributed by atoms with Gasteiger partial charge in [0.15, 0.2) is 0 Å². The van der Waals surface area contributed by atoms with Gasteiger partial charge in [-0.15, -0.1) is 0 Å². The molecule has 108 valence electrons. The number of benzene rings is 2. The number of ether oxygens (including phenoxy) is 2. The van der Waals surface area contributed by atoms with Gasteiger partial charge in [0.1, 0.15) is 12.4 Å². The Hall–Kier alpha value is -2.04. The van der Waals surface area contributed by atoms with Gasteiger partial charge in [0, 0.05) is 10.6 Å². The van der Waals surface area contributed by atoms with Crippen molar-refractivity contribution in [2.75, 3.05) is 13.2 Å². The van der Waals surface area contributed by atoms with Crippen LogP contribution in [-0.4, -0.2) is 24.3 Å². The van der Waals surface area contributed by atoms with Gasteiger partial charge in [-0.2, -0.15) is 0 Å². The van der Waals surface area contributed by atoms with E-state index in [0.717, 1.165) is 0 Å². The third kappa shape index (κ3) is 2.26. The molecule has 1 atom stereocenters. The molecule has 1 unspecified atom stereocenters. The maximum absolute atomic E-state index is 12.1. The average Bonchev–Trinajstić information content (AvgIpc) is 2.68. The lowest BCUT2D eigenvalue weighted by Gasteiger charge is -2.29. The van der Waals surface area contributed by atoms with E-state index < -0.39 is 11.6 Å². The van der Waals surface area contributed by atoms with Crippen LogP contribution < -0.4 is 4.74 Å². The second kappa shape index (κ2) is 5.39. The van der Waals surface area contributed by atoms with E-state index in [9.17, 15) is 9.90 Å². The van der Waals surface area contributed by atoms with Gasteiger partial charge in [0.2, 0.25) is 5.60 Å². The number of hydrogen-bond acceptors (Lipinski definition) is 3. The molecule has 0 radical (unpaired) electrons. The molecule has 0 amide bonds. The summed E-state index contributed by atoms with van der Waals surface area (Å²) < 4.78 is 11.3. The van der Waals surface area contributed by atoms with Crippen molar-refractivity contribution in [3.63, 3.8) is 0 Å². The lowest BCUT2D eigenvalue weighted by molar-refractivity contribution is -0.161. The fraction of sp³-hybridized carbons (Fsp3) is 0.188. The van der Waals surface area contributed by atoms with Crippen LogP contribution in [0.3, 0.4) is 0 Å². The summed E-state index contributed by atoms with van der Waals surface area (Å²) in [5, 5.41) is 10.3. The Labute approximate surface area is 126 Å². The Morgan fingerprint density at radius 1 is 1.14 bits per heavy atom. The largest absolute Gasteiger partial charge is 0.491 e. The summed E-state index contributed by atoms with van der Waals surface area (Å²) in [6.07, 6.45) is 0. The highest BCUT2D eigenvalue weighted by Gasteiger charge is 2.47. The molecule has 0 aliphatic carbocycles. The standard InChI is InChI=1S/C16H13ClO4/c17-12-6-7-14-13(10-12)16(15(18)19,21-9-8-20-14)11-4-2-1-3-5-11/h1-7,10H,8-9H2,(H,18,19). The first-order valence-corrected chi connectivity index (χ1v) is 6.88. The van der Waals surface area contributed by atoms with Gasteiger partial charge in [0.05, 0.1) is 6.61 Å². The zero-order valence-electron chi connectivity index (χ0n) is 11.1. The van der Waals surface area contributed by atoms with Crippen molar-refractivity contribution in [1.82, 2.24) is 0 Å². The number of carboxylic acids is 1. The van der Waals surface area contributed by atoms with E-state index in [0.29, 0.717) is 21.9 Å². The molecule has 1 heterocycles. The summed E-state index contributed by atoms with van der Waals surface area (Å²) in [6, 6.07) is 13.8. The molecule has 0 saturated carbocycles. The monoisotopic (exact) mass is 304 g/mol. The first-order chi connectivity index (χ1) is 10.1. The highest BCUT2D eigenvalue weighted by atomic mass is 35.5. The number of fused-ring (bicyclic) bond motifs is 1. The Balaban J connectivity index is 2.30. The lowest BCUT2D eigenvalue weighted by Crippen LogP contribution is -2.39. The number of hydrogen-bond donors (Lipinski definition) is 1. The zero-order chi connectivity index (χ0) is 14.9. The fourth-order valence-corrected chi connectivity index (χ4v) is 2.71. The van der Waals surface area contributed by atoms with Crippen LogP contribution in [0.4, 0.5) is 0 Å². The molecule has 0 fully saturated rings. The molecule has 0 aromatic heterocycles. The van der Waals surface area contributed by atoms with Gasteiger partial charge >= 0.3 is 5.97 Å². The van der Waals surface area contributed by atoms with Gasteiger partial charge in [0.25, 0.3) is 0 Å². The highest BCUT2D eigenvalue weighted by Crippen LogP contribution is 2.42. The Bertz CT molecular complexity index is 671. The normalized spacial score (nSPS) is 21.0. The second-order valence-electron chi connectivity index (χ2n) is 4.69. The summed E-state index contributed by atoms with van der Waals surface area (Å²) in [6.45, 7) is 0.462. The minimum absolute atomic E-state index is 0.174. The van der Waals surface area contributed by atoms with Crippen molar-refractivity contribution in [3.05, 3.63) is 64.7 Å². The molecule has 2 aromatic carbocycles. The molecule has 0 spiro atoms. The van der Waals surface area contributed by atoms with Crippen LogP contribution in [0.5, 0.6) is 5.75 Å². The van der Waals surface area contributed by atoms with E-state index in [1.807, 2.05) is 6.07 Å². The van der Waals surface area contributed by atoms with Crippen LogP contribution in [0.25, 0.3) is 0 Å². The Morgan fingerprint density at radius 2 is 1.90 bits per heavy atom. The highest BCUT2D eigenvalue weighted by molar-refractivity contribution is 6.30. The van der Waals surface area contributed by atoms with Crippen molar-refractivity contribution in [2.45, 2.75) is 5.60 Å². The number of carbonyl (C=O) groups is 1. The third-order valence-electron chi connectivity index (χ3n) is 3.46. The molecule has 21 heavy (non-hydrogen) atoms. The minimum atomic E-state index is -1.61. The predicted molar refractivity (Wildman–Crippen MR) is 77.8 cm³/mol. The van der Waals surface area contributed by atoms with Gasteiger partial charge < -0.3 is 14.6 Å². The number of halogens is 1. The molecule has 1 N–H and O–H groups in total. The van der Waals surface area contributed by atoms with Crippen LogP contribution in [0.15, 0.2) is 48.5 Å². The summed E-state index contributed by atoms with van der Waals surface area (Å²) in [5.41, 5.74) is -0.671. The van der Waals surface area contributed by atoms with E-state index >= 15 is 0 Å². The zero-order valence-corrected chi connectivity index (χ0v) is 11.8. The molecular weight excluding hydrogens is 292 g/mol. The molecule has 5 heteroatoms. The maximum atomic E-state index is 12.1. The fourth-order valence-electron chi connectivity index (χ4n) is 2.54. The first kappa shape index (κ1) is 13.9. The summed E-state index contributed by atoms with van der Waals surface area (Å²) >= 11 is 6.05. The van der Waals surface area contributed by atoms with Crippen molar-refractivity contribution in [3.8, 4) is 5.75 Å². The van der Waals surface area contributed by atoms with Crippen LogP contribution in [-0.2, 0) is 15.1 Å². The lowest BCUT2D eigenvalue weighted by atomic mass is 9.85. The smallest absolute Gasteiger partial charge is 0.345 e. The summed E-state index contributed by atoms with van der Waals surface area (Å²) in [7, 11) is 0. The molecule has 0 bridgehead atoms. The molecule has 1 aliphatic heterocycles. The second-order valence-corrected chi connectivity index (χ2v) is 5.13. The van der Waals surface area contributed by atoms with Crippen molar-refractivity contribution >= 4 is 17.6 Å². The van der Waals surface area contributed by atoms with Gasteiger partial charge in [-0.05, 0) is 23.8 Å². The molecule has 0 saturated heterocycles. The van der Waals surface area contributed by atoms with Crippen molar-refractivity contribution in [1.29, 1.82) is 0 Å². The Morgan fingerprint density at radius 3 is 2.62 bits per heavy atom. The SMILES string of the molecule is O=C(O)C1(c2ccccc2)OCCOc2ccc(Cl)cc21. The van der Waals surface area contributed by atoms with E-state index in [1.54, 1.807) is 42.5 Å². The van der Waals surface area contributed by atoms with Crippen molar-refractivity contribution < 1.29 is 19.4 Å². The van der Waals surface area contributed by atoms with Crippen LogP contribution in [0.1, 0.15) is 11.1 Å². The number of rotatable bonds is 2. The van der Waals surface area contributed by atoms with Gasteiger partial charge in [-0.25, -0.2) is 4.79 Å². The first-order valence-electron chi connectivity index (χ1n) is 6.50. The minimum Gasteiger partial charge on any atom is -0.491 e. The van der Waals surface area contributed by atoms with Crippen LogP contribution >= 0.6 is 11.6 Å². The molecule has 4 nitrogen and oxygen atoms in total. The van der Waals surface area contributed by atoms with Crippen molar-refractivity contribution in [2.24, 2.45) is 0 Å². The average molecular weight is 305 g/mol. The molecule has 3 rings (SSSR count). The number of aliphatic carboxylic acids is 1. The van der Waals surface area contributed by atoms with E-state index in [2.05, 4.69) is 0 Å². The van der Waals surface area contributed by atoms with E-state index in [1.165, 1.54) is 0 Å². The summed E-state index contributed by atoms with van der Waals surface area (Å²) in [5.74, 6) is -0.620. The van der Waals surface area contributed by atoms with Gasteiger partial charge in [-0.1, -0.05) is 41.9 Å². The van der Waals surface area contributed by atoms with E-state index in [4.69, 9.17) is 21.1 Å². The molecule has 1 aliphatic rings. The Kier molecular flexibility index (Phi) is 3.57. The molecule has 2 aromatic rings. The van der Waals surface area contributed by atoms with E-state index in [-0.39, 0.29) is 13.2 Å². The summed E-state index contributed by atoms with van der Waals surface area (Å²) in [4.78, 5) is 12.1.